The lowest BCUT2D eigenvalue weighted by Crippen LogP contribution is -2.51. The number of carbonyl (C=O) groups excluding carboxylic acids is 2. The maximum atomic E-state index is 13.8. The highest BCUT2D eigenvalue weighted by Crippen LogP contribution is 2.33. The zero-order valence-electron chi connectivity index (χ0n) is 21.8. The number of alkyl halides is 3. The average Bonchev–Trinajstić information content (AvgIpc) is 2.92. The van der Waals surface area contributed by atoms with E-state index < -0.39 is 46.2 Å². The molecule has 3 aromatic carbocycles. The second kappa shape index (κ2) is 12.3. The van der Waals surface area contributed by atoms with E-state index in [1.807, 2.05) is 19.1 Å². The van der Waals surface area contributed by atoms with Gasteiger partial charge in [0.1, 0.15) is 12.6 Å². The van der Waals surface area contributed by atoms with Crippen molar-refractivity contribution in [2.75, 3.05) is 17.9 Å². The van der Waals surface area contributed by atoms with Crippen molar-refractivity contribution < 1.29 is 31.2 Å². The van der Waals surface area contributed by atoms with Crippen molar-refractivity contribution in [2.24, 2.45) is 0 Å². The fourth-order valence-electron chi connectivity index (χ4n) is 4.06. The summed E-state index contributed by atoms with van der Waals surface area (Å²) >= 11 is 0. The lowest BCUT2D eigenvalue weighted by molar-refractivity contribution is -0.140. The number of likely N-dealkylation sites (N-methyl/N-ethyl adjacent to an activating group) is 1. The number of amides is 2. The predicted molar refractivity (Wildman–Crippen MR) is 142 cm³/mol. The van der Waals surface area contributed by atoms with Gasteiger partial charge in [0.15, 0.2) is 0 Å². The molecule has 1 atom stereocenters. The molecule has 0 saturated carbocycles. The fourth-order valence-corrected chi connectivity index (χ4v) is 5.49. The van der Waals surface area contributed by atoms with Crippen LogP contribution in [0.3, 0.4) is 0 Å². The molecule has 7 nitrogen and oxygen atoms in total. The van der Waals surface area contributed by atoms with Crippen LogP contribution >= 0.6 is 0 Å². The third-order valence-corrected chi connectivity index (χ3v) is 7.97. The van der Waals surface area contributed by atoms with Crippen LogP contribution in [0.5, 0.6) is 0 Å². The molecule has 1 N–H and O–H groups in total. The van der Waals surface area contributed by atoms with Crippen LogP contribution in [0.1, 0.15) is 30.0 Å². The third-order valence-electron chi connectivity index (χ3n) is 6.18. The Kier molecular flexibility index (Phi) is 9.39. The van der Waals surface area contributed by atoms with Crippen LogP contribution in [0.2, 0.25) is 0 Å². The van der Waals surface area contributed by atoms with Gasteiger partial charge in [-0.15, -0.1) is 0 Å². The van der Waals surface area contributed by atoms with E-state index in [-0.39, 0.29) is 23.5 Å². The maximum absolute atomic E-state index is 13.8. The molecule has 208 valence electrons. The summed E-state index contributed by atoms with van der Waals surface area (Å²) < 4.78 is 68.5. The van der Waals surface area contributed by atoms with E-state index >= 15 is 0 Å². The average molecular weight is 562 g/mol. The van der Waals surface area contributed by atoms with Crippen LogP contribution in [0, 0.1) is 6.92 Å². The number of sulfonamides is 1. The molecule has 0 aliphatic rings. The third kappa shape index (κ3) is 7.17. The highest BCUT2D eigenvalue weighted by Gasteiger charge is 2.35. The van der Waals surface area contributed by atoms with Crippen LogP contribution in [0.25, 0.3) is 0 Å². The van der Waals surface area contributed by atoms with Gasteiger partial charge in [-0.2, -0.15) is 13.2 Å². The number of hydrogen-bond acceptors (Lipinski definition) is 4. The first-order valence-corrected chi connectivity index (χ1v) is 13.6. The monoisotopic (exact) mass is 561 g/mol. The lowest BCUT2D eigenvalue weighted by Gasteiger charge is -2.33. The zero-order valence-corrected chi connectivity index (χ0v) is 22.6. The topological polar surface area (TPSA) is 86.8 Å². The quantitative estimate of drug-likeness (QED) is 0.387. The molecule has 2 amide bonds. The minimum atomic E-state index is -4.73. The van der Waals surface area contributed by atoms with E-state index in [2.05, 4.69) is 5.32 Å². The summed E-state index contributed by atoms with van der Waals surface area (Å²) in [6.45, 7) is 2.78. The molecular formula is C28H30F3N3O4S. The Hall–Kier alpha value is -3.86. The Morgan fingerprint density at radius 3 is 2.15 bits per heavy atom. The van der Waals surface area contributed by atoms with E-state index in [9.17, 15) is 31.2 Å². The van der Waals surface area contributed by atoms with Gasteiger partial charge < -0.3 is 10.2 Å². The van der Waals surface area contributed by atoms with Gasteiger partial charge in [0.05, 0.1) is 16.1 Å². The number of anilines is 1. The molecule has 0 aliphatic carbocycles. The summed E-state index contributed by atoms with van der Waals surface area (Å²) in [6.07, 6.45) is -4.50. The van der Waals surface area contributed by atoms with E-state index in [1.165, 1.54) is 42.3 Å². The van der Waals surface area contributed by atoms with Gasteiger partial charge in [-0.25, -0.2) is 8.42 Å². The summed E-state index contributed by atoms with van der Waals surface area (Å²) in [5.41, 5.74) is 0.298. The van der Waals surface area contributed by atoms with Crippen LogP contribution < -0.4 is 9.62 Å². The minimum Gasteiger partial charge on any atom is -0.357 e. The molecule has 0 saturated heterocycles. The van der Waals surface area contributed by atoms with Gasteiger partial charge in [0, 0.05) is 13.6 Å². The van der Waals surface area contributed by atoms with E-state index in [1.54, 1.807) is 25.1 Å². The second-order valence-corrected chi connectivity index (χ2v) is 10.8. The number of carbonyl (C=O) groups is 2. The molecule has 0 radical (unpaired) electrons. The number of aryl methyl sites for hydroxylation is 1. The zero-order chi connectivity index (χ0) is 28.8. The lowest BCUT2D eigenvalue weighted by atomic mass is 10.1. The maximum Gasteiger partial charge on any atom is 0.416 e. The van der Waals surface area contributed by atoms with Crippen molar-refractivity contribution in [3.63, 3.8) is 0 Å². The normalized spacial score (nSPS) is 12.5. The minimum absolute atomic E-state index is 0.00709. The smallest absolute Gasteiger partial charge is 0.357 e. The van der Waals surface area contributed by atoms with Crippen molar-refractivity contribution in [1.29, 1.82) is 0 Å². The Labute approximate surface area is 226 Å². The van der Waals surface area contributed by atoms with Crippen LogP contribution in [0.4, 0.5) is 18.9 Å². The molecule has 0 spiro atoms. The summed E-state index contributed by atoms with van der Waals surface area (Å²) in [4.78, 5) is 27.6. The summed E-state index contributed by atoms with van der Waals surface area (Å²) in [5, 5.41) is 2.52. The summed E-state index contributed by atoms with van der Waals surface area (Å²) in [7, 11) is -3.04. The van der Waals surface area contributed by atoms with Crippen LogP contribution in [-0.2, 0) is 32.3 Å². The van der Waals surface area contributed by atoms with Gasteiger partial charge >= 0.3 is 6.18 Å². The Bertz CT molecular complexity index is 1400. The molecular weight excluding hydrogens is 531 g/mol. The SMILES string of the molecule is CCC(C(=O)NC)N(Cc1ccc(C)cc1)C(=O)CN(c1cccc(C(F)(F)F)c1)S(=O)(=O)c1ccccc1. The largest absolute Gasteiger partial charge is 0.416 e. The highest BCUT2D eigenvalue weighted by molar-refractivity contribution is 7.92. The molecule has 0 aromatic heterocycles. The number of hydrogen-bond donors (Lipinski definition) is 1. The molecule has 0 aliphatic heterocycles. The van der Waals surface area contributed by atoms with E-state index in [4.69, 9.17) is 0 Å². The molecule has 0 heterocycles. The molecule has 1 unspecified atom stereocenters. The number of nitrogens with one attached hydrogen (secondary N) is 1. The van der Waals surface area contributed by atoms with Crippen molar-refractivity contribution in [2.45, 2.75) is 43.9 Å². The number of nitrogens with zero attached hydrogens (tertiary/aromatic N) is 2. The van der Waals surface area contributed by atoms with Crippen molar-refractivity contribution >= 4 is 27.5 Å². The molecule has 3 rings (SSSR count). The standard InChI is InChI=1S/C28H30F3N3O4S/c1-4-25(27(36)32-3)33(18-21-15-13-20(2)14-16-21)26(35)19-34(39(37,38)24-11-6-5-7-12-24)23-10-8-9-22(17-23)28(29,30)31/h5-17,25H,4,18-19H2,1-3H3,(H,32,36). The first-order valence-electron chi connectivity index (χ1n) is 12.2. The first-order chi connectivity index (χ1) is 18.4. The fraction of sp³-hybridized carbons (Fsp3) is 0.286. The van der Waals surface area contributed by atoms with Gasteiger partial charge in [-0.3, -0.25) is 13.9 Å². The van der Waals surface area contributed by atoms with Gasteiger partial charge in [0.25, 0.3) is 10.0 Å². The molecule has 11 heteroatoms. The molecule has 3 aromatic rings. The molecule has 39 heavy (non-hydrogen) atoms. The van der Waals surface area contributed by atoms with Gasteiger partial charge in [-0.1, -0.05) is 61.0 Å². The van der Waals surface area contributed by atoms with Crippen molar-refractivity contribution in [3.8, 4) is 0 Å². The Balaban J connectivity index is 2.10. The Morgan fingerprint density at radius 1 is 0.949 bits per heavy atom. The Morgan fingerprint density at radius 2 is 1.59 bits per heavy atom. The van der Waals surface area contributed by atoms with Crippen LogP contribution in [0.15, 0.2) is 83.8 Å². The second-order valence-electron chi connectivity index (χ2n) is 8.92. The number of benzene rings is 3. The highest BCUT2D eigenvalue weighted by atomic mass is 32.2. The molecule has 0 bridgehead atoms. The van der Waals surface area contributed by atoms with E-state index in [0.29, 0.717) is 15.9 Å². The van der Waals surface area contributed by atoms with Crippen molar-refractivity contribution in [3.05, 3.63) is 95.6 Å². The molecule has 0 fully saturated rings. The summed E-state index contributed by atoms with van der Waals surface area (Å²) in [5.74, 6) is -1.20. The van der Waals surface area contributed by atoms with E-state index in [0.717, 1.165) is 17.7 Å². The number of rotatable bonds is 10. The van der Waals surface area contributed by atoms with Gasteiger partial charge in [0.2, 0.25) is 11.8 Å². The first kappa shape index (κ1) is 29.7. The summed E-state index contributed by atoms with van der Waals surface area (Å²) in [6, 6.07) is 17.2. The number of halogens is 3. The van der Waals surface area contributed by atoms with Crippen molar-refractivity contribution in [1.82, 2.24) is 10.2 Å². The van der Waals surface area contributed by atoms with Gasteiger partial charge in [-0.05, 0) is 49.2 Å². The van der Waals surface area contributed by atoms with Crippen LogP contribution in [-0.4, -0.2) is 44.8 Å². The predicted octanol–water partition coefficient (Wildman–Crippen LogP) is 4.76.